The van der Waals surface area contributed by atoms with Gasteiger partial charge in [0, 0.05) is 32.2 Å². The second-order valence-corrected chi connectivity index (χ2v) is 9.36. The fourth-order valence-corrected chi connectivity index (χ4v) is 4.75. The number of hydrogen-bond donors (Lipinski definition) is 2. The molecule has 180 valence electrons. The highest BCUT2D eigenvalue weighted by Gasteiger charge is 2.33. The predicted octanol–water partition coefficient (Wildman–Crippen LogP) is 3.18. The zero-order valence-corrected chi connectivity index (χ0v) is 19.5. The van der Waals surface area contributed by atoms with Crippen molar-refractivity contribution in [3.63, 3.8) is 0 Å². The smallest absolute Gasteiger partial charge is 0.326 e. The molecule has 2 aliphatic heterocycles. The first-order chi connectivity index (χ1) is 16.0. The number of imidazole rings is 1. The molecule has 0 unspecified atom stereocenters. The SMILES string of the molecule is CC(C)[C@H]1C=C(C(=O)N2CCC(n3c(=O)[nH]c4ccccc43)CC2)O[C@@H](OCCCCO)C1. The van der Waals surface area contributed by atoms with Crippen LogP contribution in [0.15, 0.2) is 40.9 Å². The Labute approximate surface area is 194 Å². The van der Waals surface area contributed by atoms with Gasteiger partial charge in [0.05, 0.1) is 17.6 Å². The van der Waals surface area contributed by atoms with Crippen molar-refractivity contribution in [2.75, 3.05) is 26.3 Å². The molecule has 3 heterocycles. The van der Waals surface area contributed by atoms with E-state index in [2.05, 4.69) is 18.8 Å². The maximum absolute atomic E-state index is 13.3. The summed E-state index contributed by atoms with van der Waals surface area (Å²) in [6.07, 6.45) is 5.12. The average Bonchev–Trinajstić information content (AvgIpc) is 3.17. The van der Waals surface area contributed by atoms with Crippen LogP contribution in [0.3, 0.4) is 0 Å². The molecule has 0 saturated carbocycles. The number of carbonyl (C=O) groups is 1. The summed E-state index contributed by atoms with van der Waals surface area (Å²) in [6, 6.07) is 7.77. The number of likely N-dealkylation sites (tertiary alicyclic amines) is 1. The average molecular weight is 458 g/mol. The highest BCUT2D eigenvalue weighted by molar-refractivity contribution is 5.91. The molecule has 33 heavy (non-hydrogen) atoms. The van der Waals surface area contributed by atoms with Crippen LogP contribution in [0, 0.1) is 11.8 Å². The number of piperidine rings is 1. The number of rotatable bonds is 8. The number of unbranched alkanes of at least 4 members (excludes halogenated alkanes) is 1. The Hall–Kier alpha value is -2.58. The van der Waals surface area contributed by atoms with Crippen LogP contribution < -0.4 is 5.69 Å². The van der Waals surface area contributed by atoms with Gasteiger partial charge in [0.25, 0.3) is 5.91 Å². The molecule has 1 fully saturated rings. The minimum atomic E-state index is -0.442. The normalized spacial score (nSPS) is 21.9. The summed E-state index contributed by atoms with van der Waals surface area (Å²) in [5.74, 6) is 0.853. The number of aliphatic hydroxyl groups is 1. The molecule has 0 aliphatic carbocycles. The number of benzene rings is 1. The van der Waals surface area contributed by atoms with Gasteiger partial charge >= 0.3 is 5.69 Å². The van der Waals surface area contributed by atoms with Crippen molar-refractivity contribution in [2.24, 2.45) is 11.8 Å². The zero-order chi connectivity index (χ0) is 23.4. The van der Waals surface area contributed by atoms with E-state index in [1.807, 2.05) is 39.8 Å². The molecule has 1 aromatic carbocycles. The molecule has 0 spiro atoms. The summed E-state index contributed by atoms with van der Waals surface area (Å²) in [6.45, 7) is 6.08. The van der Waals surface area contributed by atoms with E-state index in [4.69, 9.17) is 14.6 Å². The number of carbonyl (C=O) groups excluding carboxylic acids is 1. The van der Waals surface area contributed by atoms with Crippen LogP contribution in [0.25, 0.3) is 11.0 Å². The van der Waals surface area contributed by atoms with Gasteiger partial charge in [-0.15, -0.1) is 0 Å². The van der Waals surface area contributed by atoms with E-state index in [1.165, 1.54) is 0 Å². The van der Waals surface area contributed by atoms with Gasteiger partial charge in [0.1, 0.15) is 0 Å². The molecule has 4 rings (SSSR count). The van der Waals surface area contributed by atoms with E-state index in [0.29, 0.717) is 37.8 Å². The number of aliphatic hydroxyl groups excluding tert-OH is 1. The first kappa shape index (κ1) is 23.6. The van der Waals surface area contributed by atoms with Gasteiger partial charge in [-0.1, -0.05) is 26.0 Å². The van der Waals surface area contributed by atoms with Crippen molar-refractivity contribution in [3.05, 3.63) is 46.6 Å². The third kappa shape index (κ3) is 5.33. The molecule has 0 radical (unpaired) electrons. The molecule has 1 saturated heterocycles. The molecule has 2 aliphatic rings. The third-order valence-corrected chi connectivity index (χ3v) is 6.75. The van der Waals surface area contributed by atoms with Gasteiger partial charge in [-0.25, -0.2) is 4.79 Å². The summed E-state index contributed by atoms with van der Waals surface area (Å²) in [5.41, 5.74) is 1.65. The molecule has 2 N–H and O–H groups in total. The topological polar surface area (TPSA) is 96.8 Å². The molecular formula is C25H35N3O5. The molecule has 1 amide bonds. The minimum Gasteiger partial charge on any atom is -0.459 e. The van der Waals surface area contributed by atoms with Gasteiger partial charge in [-0.2, -0.15) is 0 Å². The Balaban J connectivity index is 1.40. The number of H-pyrrole nitrogens is 1. The second kappa shape index (κ2) is 10.6. The van der Waals surface area contributed by atoms with Gasteiger partial charge in [-0.3, -0.25) is 9.36 Å². The highest BCUT2D eigenvalue weighted by atomic mass is 16.7. The highest BCUT2D eigenvalue weighted by Crippen LogP contribution is 2.31. The molecule has 8 heteroatoms. The maximum Gasteiger partial charge on any atom is 0.326 e. The lowest BCUT2D eigenvalue weighted by Crippen LogP contribution is -2.43. The van der Waals surface area contributed by atoms with E-state index in [0.717, 1.165) is 36.7 Å². The lowest BCUT2D eigenvalue weighted by atomic mass is 9.90. The number of fused-ring (bicyclic) bond motifs is 1. The predicted molar refractivity (Wildman–Crippen MR) is 126 cm³/mol. The first-order valence-electron chi connectivity index (χ1n) is 12.1. The number of para-hydroxylation sites is 2. The number of amides is 1. The van der Waals surface area contributed by atoms with Crippen LogP contribution in [0.4, 0.5) is 0 Å². The Morgan fingerprint density at radius 2 is 2.00 bits per heavy atom. The largest absolute Gasteiger partial charge is 0.459 e. The Morgan fingerprint density at radius 1 is 1.24 bits per heavy atom. The van der Waals surface area contributed by atoms with Crippen LogP contribution in [0.5, 0.6) is 0 Å². The van der Waals surface area contributed by atoms with Crippen molar-refractivity contribution < 1.29 is 19.4 Å². The number of ether oxygens (including phenoxy) is 2. The van der Waals surface area contributed by atoms with Crippen molar-refractivity contribution in [1.29, 1.82) is 0 Å². The van der Waals surface area contributed by atoms with E-state index >= 15 is 0 Å². The number of nitrogens with zero attached hydrogens (tertiary/aromatic N) is 2. The van der Waals surface area contributed by atoms with Crippen LogP contribution in [-0.2, 0) is 14.3 Å². The van der Waals surface area contributed by atoms with Crippen molar-refractivity contribution in [2.45, 2.75) is 58.3 Å². The Morgan fingerprint density at radius 3 is 2.73 bits per heavy atom. The maximum atomic E-state index is 13.3. The van der Waals surface area contributed by atoms with Gasteiger partial charge in [-0.05, 0) is 55.7 Å². The number of aromatic nitrogens is 2. The molecule has 8 nitrogen and oxygen atoms in total. The number of hydrogen-bond acceptors (Lipinski definition) is 5. The number of nitrogens with one attached hydrogen (secondary N) is 1. The monoisotopic (exact) mass is 457 g/mol. The summed E-state index contributed by atoms with van der Waals surface area (Å²) in [4.78, 5) is 30.6. The van der Waals surface area contributed by atoms with Gasteiger partial charge < -0.3 is 24.5 Å². The van der Waals surface area contributed by atoms with Gasteiger partial charge in [0.2, 0.25) is 6.29 Å². The van der Waals surface area contributed by atoms with E-state index in [1.54, 1.807) is 0 Å². The fourth-order valence-electron chi connectivity index (χ4n) is 4.75. The van der Waals surface area contributed by atoms with Crippen molar-refractivity contribution >= 4 is 16.9 Å². The molecular weight excluding hydrogens is 422 g/mol. The van der Waals surface area contributed by atoms with Gasteiger partial charge in [0.15, 0.2) is 5.76 Å². The van der Waals surface area contributed by atoms with E-state index in [9.17, 15) is 9.59 Å². The summed E-state index contributed by atoms with van der Waals surface area (Å²) in [7, 11) is 0. The zero-order valence-electron chi connectivity index (χ0n) is 19.5. The van der Waals surface area contributed by atoms with Crippen molar-refractivity contribution in [3.8, 4) is 0 Å². The van der Waals surface area contributed by atoms with Crippen LogP contribution in [0.2, 0.25) is 0 Å². The van der Waals surface area contributed by atoms with E-state index < -0.39 is 6.29 Å². The first-order valence-corrected chi connectivity index (χ1v) is 12.1. The molecule has 2 atom stereocenters. The standard InChI is InChI=1S/C25H35N3O5/c1-17(2)18-15-22(33-23(16-18)32-14-6-5-13-29)24(30)27-11-9-19(10-12-27)28-21-8-4-3-7-20(21)26-25(28)31/h3-4,7-8,15,17-19,23,29H,5-6,9-14,16H2,1-2H3,(H,26,31)/t18-,23+/m0/s1. The minimum absolute atomic E-state index is 0.0602. The molecule has 0 bridgehead atoms. The summed E-state index contributed by atoms with van der Waals surface area (Å²) >= 11 is 0. The van der Waals surface area contributed by atoms with Crippen LogP contribution in [0.1, 0.15) is 52.0 Å². The fraction of sp³-hybridized carbons (Fsp3) is 0.600. The number of aromatic amines is 1. The number of allylic oxidation sites excluding steroid dienone is 1. The summed E-state index contributed by atoms with van der Waals surface area (Å²) in [5, 5.41) is 8.96. The quantitative estimate of drug-likeness (QED) is 0.594. The lowest BCUT2D eigenvalue weighted by Gasteiger charge is -2.36. The Bertz CT molecular complexity index is 1030. The molecule has 2 aromatic rings. The van der Waals surface area contributed by atoms with Crippen molar-refractivity contribution in [1.82, 2.24) is 14.5 Å². The second-order valence-electron chi connectivity index (χ2n) is 9.36. The Kier molecular flexibility index (Phi) is 7.55. The van der Waals surface area contributed by atoms with Crippen LogP contribution in [-0.4, -0.2) is 58.1 Å². The third-order valence-electron chi connectivity index (χ3n) is 6.75. The lowest BCUT2D eigenvalue weighted by molar-refractivity contribution is -0.157. The molecule has 1 aromatic heterocycles. The van der Waals surface area contributed by atoms with Crippen LogP contribution >= 0.6 is 0 Å². The van der Waals surface area contributed by atoms with E-state index in [-0.39, 0.29) is 30.2 Å². The summed E-state index contributed by atoms with van der Waals surface area (Å²) < 4.78 is 13.7.